The normalized spacial score (nSPS) is 14.9. The molecule has 1 aromatic heterocycles. The van der Waals surface area contributed by atoms with Crippen LogP contribution in [0.15, 0.2) is 262 Å². The molecule has 0 spiro atoms. The van der Waals surface area contributed by atoms with E-state index in [2.05, 4.69) is 193 Å². The van der Waals surface area contributed by atoms with Crippen molar-refractivity contribution in [1.29, 1.82) is 0 Å². The summed E-state index contributed by atoms with van der Waals surface area (Å²) in [6.45, 7) is 8.22. The summed E-state index contributed by atoms with van der Waals surface area (Å²) in [6, 6.07) is 43.0. The van der Waals surface area contributed by atoms with E-state index >= 15 is 0 Å². The Balaban J connectivity index is 0.000000753. The summed E-state index contributed by atoms with van der Waals surface area (Å²) >= 11 is 0. The standard InChI is InChI=1S/C52H45N3.C7H11N/c1-3-18-43(37-39(2)47-24-12-14-26-50(47)54-45-32-29-42(30-33-45)41-21-10-8-11-22-41)44-31-35-52-49(38-44)48-25-13-15-27-51(48)55(52)46-23-17-20-40(28-34-46)19-9-6-4-5-7-16-36-53;1-2-3-4-5-6-7-8/h3-38,40,54H,1,53H2,2H3;2-7H,8H2,1H3/b6-4+,7-5-,19-9+,36-16-,39-37+,43-18+;3-2+,5-4-,7-6-. The van der Waals surface area contributed by atoms with Crippen LogP contribution in [0.5, 0.6) is 0 Å². The van der Waals surface area contributed by atoms with Crippen molar-refractivity contribution < 1.29 is 0 Å². The lowest BCUT2D eigenvalue weighted by atomic mass is 9.97. The van der Waals surface area contributed by atoms with Gasteiger partial charge >= 0.3 is 0 Å². The Kier molecular flexibility index (Phi) is 16.7. The lowest BCUT2D eigenvalue weighted by Crippen LogP contribution is -1.95. The van der Waals surface area contributed by atoms with Crippen LogP contribution in [0.3, 0.4) is 0 Å². The van der Waals surface area contributed by atoms with Crippen LogP contribution in [0.4, 0.5) is 11.4 Å². The van der Waals surface area contributed by atoms with Crippen LogP contribution in [0.25, 0.3) is 49.8 Å². The number of para-hydroxylation sites is 2. The molecule has 0 aliphatic heterocycles. The molecule has 1 aliphatic rings. The lowest BCUT2D eigenvalue weighted by Gasteiger charge is -2.14. The zero-order valence-electron chi connectivity index (χ0n) is 36.1. The lowest BCUT2D eigenvalue weighted by molar-refractivity contribution is 1.07. The summed E-state index contributed by atoms with van der Waals surface area (Å²) in [5.74, 6) is 0.188. The molecule has 0 saturated carbocycles. The van der Waals surface area contributed by atoms with E-state index in [1.807, 2.05) is 67.7 Å². The zero-order chi connectivity index (χ0) is 44.1. The van der Waals surface area contributed by atoms with Crippen LogP contribution in [-0.4, -0.2) is 4.57 Å². The Labute approximate surface area is 373 Å². The van der Waals surface area contributed by atoms with Crippen molar-refractivity contribution >= 4 is 50.0 Å². The van der Waals surface area contributed by atoms with Crippen molar-refractivity contribution in [2.75, 3.05) is 5.32 Å². The number of nitrogens with one attached hydrogen (secondary N) is 1. The Morgan fingerprint density at radius 2 is 1.30 bits per heavy atom. The first-order chi connectivity index (χ1) is 31.0. The van der Waals surface area contributed by atoms with E-state index in [9.17, 15) is 0 Å². The van der Waals surface area contributed by atoms with Crippen molar-refractivity contribution in [3.8, 4) is 11.1 Å². The van der Waals surface area contributed by atoms with Crippen LogP contribution < -0.4 is 16.8 Å². The third-order valence-electron chi connectivity index (χ3n) is 10.3. The Morgan fingerprint density at radius 1 is 0.651 bits per heavy atom. The first-order valence-corrected chi connectivity index (χ1v) is 21.2. The molecule has 0 bridgehead atoms. The van der Waals surface area contributed by atoms with Crippen LogP contribution >= 0.6 is 0 Å². The molecule has 1 heterocycles. The molecule has 7 rings (SSSR count). The molecule has 0 saturated heterocycles. The quantitative estimate of drug-likeness (QED) is 0.0959. The molecule has 0 fully saturated rings. The van der Waals surface area contributed by atoms with Crippen molar-refractivity contribution in [1.82, 2.24) is 4.57 Å². The highest BCUT2D eigenvalue weighted by Crippen LogP contribution is 2.36. The minimum absolute atomic E-state index is 0.188. The van der Waals surface area contributed by atoms with Gasteiger partial charge in [-0.2, -0.15) is 0 Å². The average Bonchev–Trinajstić information content (AvgIpc) is 3.46. The van der Waals surface area contributed by atoms with Crippen LogP contribution in [0, 0.1) is 5.92 Å². The van der Waals surface area contributed by atoms with Gasteiger partial charge in [-0.25, -0.2) is 0 Å². The molecule has 63 heavy (non-hydrogen) atoms. The maximum absolute atomic E-state index is 5.39. The molecule has 1 atom stereocenters. The summed E-state index contributed by atoms with van der Waals surface area (Å²) < 4.78 is 2.36. The number of nitrogens with two attached hydrogens (primary N) is 2. The van der Waals surface area contributed by atoms with Crippen LogP contribution in [-0.2, 0) is 0 Å². The van der Waals surface area contributed by atoms with Gasteiger partial charge in [0.2, 0.25) is 0 Å². The maximum Gasteiger partial charge on any atom is 0.0541 e. The Morgan fingerprint density at radius 3 is 2.05 bits per heavy atom. The zero-order valence-corrected chi connectivity index (χ0v) is 36.1. The molecule has 312 valence electrons. The number of aromatic nitrogens is 1. The molecule has 4 nitrogen and oxygen atoms in total. The second-order valence-electron chi connectivity index (χ2n) is 14.6. The highest BCUT2D eigenvalue weighted by Gasteiger charge is 2.15. The number of hydrogen-bond donors (Lipinski definition) is 3. The van der Waals surface area contributed by atoms with E-state index in [0.29, 0.717) is 0 Å². The molecule has 1 unspecified atom stereocenters. The maximum atomic E-state index is 5.39. The smallest absolute Gasteiger partial charge is 0.0541 e. The number of allylic oxidation sites excluding steroid dienone is 23. The van der Waals surface area contributed by atoms with Gasteiger partial charge < -0.3 is 21.4 Å². The molecule has 0 amide bonds. The Bertz CT molecular complexity index is 2830. The number of anilines is 2. The monoisotopic (exact) mass is 820 g/mol. The predicted octanol–water partition coefficient (Wildman–Crippen LogP) is 15.2. The highest BCUT2D eigenvalue weighted by atomic mass is 15.0. The highest BCUT2D eigenvalue weighted by molar-refractivity contribution is 6.11. The number of hydrogen-bond acceptors (Lipinski definition) is 3. The van der Waals surface area contributed by atoms with E-state index in [0.717, 1.165) is 44.9 Å². The molecule has 0 radical (unpaired) electrons. The van der Waals surface area contributed by atoms with Crippen molar-refractivity contribution in [3.05, 3.63) is 273 Å². The molecule has 5 N–H and O–H groups in total. The topological polar surface area (TPSA) is 69.0 Å². The molecule has 4 heteroatoms. The molecule has 5 aromatic carbocycles. The van der Waals surface area contributed by atoms with Crippen molar-refractivity contribution in [2.45, 2.75) is 13.8 Å². The molecule has 6 aromatic rings. The van der Waals surface area contributed by atoms with Crippen LogP contribution in [0.2, 0.25) is 0 Å². The molecule has 1 aliphatic carbocycles. The van der Waals surface area contributed by atoms with Gasteiger partial charge in [-0.1, -0.05) is 189 Å². The SMILES string of the molecule is C/C=C/C=C\C=C/N.C=C/C=C(\C=C(/C)c1ccccc1Nc1ccc(-c2ccccc2)cc1)c1ccc2c(c1)c1ccccc1n2C1=CC=CC(/C=C/C=C/C=C\C=C/N)C=C1. The van der Waals surface area contributed by atoms with E-state index in [1.54, 1.807) is 12.2 Å². The first-order valence-electron chi connectivity index (χ1n) is 21.2. The van der Waals surface area contributed by atoms with Gasteiger partial charge in [-0.3, -0.25) is 0 Å². The second kappa shape index (κ2) is 23.6. The van der Waals surface area contributed by atoms with Crippen molar-refractivity contribution in [3.63, 3.8) is 0 Å². The van der Waals surface area contributed by atoms with Gasteiger partial charge in [-0.05, 0) is 115 Å². The fraction of sp³-hybridized carbons (Fsp3) is 0.0508. The van der Waals surface area contributed by atoms with Crippen LogP contribution in [0.1, 0.15) is 25.0 Å². The fourth-order valence-corrected chi connectivity index (χ4v) is 7.27. The van der Waals surface area contributed by atoms with E-state index in [4.69, 9.17) is 11.5 Å². The van der Waals surface area contributed by atoms with Gasteiger partial charge in [0.1, 0.15) is 0 Å². The number of rotatable bonds is 14. The summed E-state index contributed by atoms with van der Waals surface area (Å²) in [6.07, 6.45) is 43.7. The van der Waals surface area contributed by atoms with Gasteiger partial charge in [0.25, 0.3) is 0 Å². The molecular weight excluding hydrogens is 765 g/mol. The Hall–Kier alpha value is -8.08. The van der Waals surface area contributed by atoms with E-state index < -0.39 is 0 Å². The largest absolute Gasteiger partial charge is 0.405 e. The summed E-state index contributed by atoms with van der Waals surface area (Å²) in [7, 11) is 0. The van der Waals surface area contributed by atoms with E-state index in [-0.39, 0.29) is 5.92 Å². The predicted molar refractivity (Wildman–Crippen MR) is 277 cm³/mol. The van der Waals surface area contributed by atoms with Gasteiger partial charge in [0, 0.05) is 39.3 Å². The number of fused-ring (bicyclic) bond motifs is 3. The summed E-state index contributed by atoms with van der Waals surface area (Å²) in [5, 5.41) is 6.09. The number of benzene rings is 5. The third kappa shape index (κ3) is 12.3. The molecular formula is C59H56N4. The minimum atomic E-state index is 0.188. The third-order valence-corrected chi connectivity index (χ3v) is 10.3. The summed E-state index contributed by atoms with van der Waals surface area (Å²) in [4.78, 5) is 0. The first kappa shape index (κ1) is 44.5. The summed E-state index contributed by atoms with van der Waals surface area (Å²) in [5.41, 5.74) is 22.9. The average molecular weight is 821 g/mol. The minimum Gasteiger partial charge on any atom is -0.405 e. The van der Waals surface area contributed by atoms with Gasteiger partial charge in [0.05, 0.1) is 11.0 Å². The fourth-order valence-electron chi connectivity index (χ4n) is 7.27. The van der Waals surface area contributed by atoms with Gasteiger partial charge in [0.15, 0.2) is 0 Å². The van der Waals surface area contributed by atoms with E-state index in [1.165, 1.54) is 39.8 Å². The number of nitrogens with zero attached hydrogens (tertiary/aromatic N) is 1. The second-order valence-corrected chi connectivity index (χ2v) is 14.6. The van der Waals surface area contributed by atoms with Gasteiger partial charge in [-0.15, -0.1) is 0 Å². The van der Waals surface area contributed by atoms with Crippen molar-refractivity contribution in [2.24, 2.45) is 17.4 Å².